The fraction of sp³-hybridized carbons (Fsp3) is 0.294. The maximum absolute atomic E-state index is 13.1. The molecule has 11 heteroatoms. The Morgan fingerprint density at radius 2 is 1.68 bits per heavy atom. The van der Waals surface area contributed by atoms with Crippen LogP contribution in [0.3, 0.4) is 0 Å². The Balaban J connectivity index is 1.87. The molecule has 0 spiro atoms. The molecule has 0 radical (unpaired) electrons. The Labute approximate surface area is 152 Å². The van der Waals surface area contributed by atoms with E-state index in [0.29, 0.717) is 5.56 Å². The summed E-state index contributed by atoms with van der Waals surface area (Å²) < 4.78 is 106. The average molecular weight is 410 g/mol. The number of pyridine rings is 1. The number of hydrogen-bond donors (Lipinski definition) is 0. The summed E-state index contributed by atoms with van der Waals surface area (Å²) in [7, 11) is 0. The normalized spacial score (nSPS) is 14.6. The van der Waals surface area contributed by atoms with Gasteiger partial charge in [-0.25, -0.2) is 0 Å². The van der Waals surface area contributed by atoms with Gasteiger partial charge < -0.3 is 4.74 Å². The molecular formula is C17H10F8N2O. The lowest BCUT2D eigenvalue weighted by Gasteiger charge is -2.20. The third-order valence-electron chi connectivity index (χ3n) is 3.95. The molecule has 0 atom stereocenters. The molecule has 150 valence electrons. The van der Waals surface area contributed by atoms with E-state index in [0.717, 1.165) is 18.3 Å². The van der Waals surface area contributed by atoms with Crippen molar-refractivity contribution in [1.82, 2.24) is 4.98 Å². The number of benzene rings is 1. The molecule has 0 saturated heterocycles. The molecule has 2 aromatic rings. The average Bonchev–Trinajstić information content (AvgIpc) is 3.01. The molecule has 1 aliphatic rings. The molecule has 3 rings (SSSR count). The van der Waals surface area contributed by atoms with Crippen LogP contribution < -0.4 is 4.74 Å². The van der Waals surface area contributed by atoms with E-state index in [1.54, 1.807) is 0 Å². The third-order valence-corrected chi connectivity index (χ3v) is 3.95. The number of alkyl halides is 8. The topological polar surface area (TPSA) is 34.5 Å². The number of aromatic nitrogens is 1. The van der Waals surface area contributed by atoms with E-state index in [-0.39, 0.29) is 29.1 Å². The number of halogens is 8. The fourth-order valence-corrected chi connectivity index (χ4v) is 2.50. The lowest BCUT2D eigenvalue weighted by atomic mass is 10.0. The highest BCUT2D eigenvalue weighted by atomic mass is 19.4. The van der Waals surface area contributed by atoms with Crippen molar-refractivity contribution < 1.29 is 39.9 Å². The van der Waals surface area contributed by atoms with Gasteiger partial charge in [0.15, 0.2) is 6.61 Å². The molecule has 0 amide bonds. The van der Waals surface area contributed by atoms with Gasteiger partial charge in [0.2, 0.25) is 0 Å². The number of hydrogen-bond acceptors (Lipinski definition) is 3. The van der Waals surface area contributed by atoms with Crippen LogP contribution in [-0.2, 0) is 12.6 Å². The highest BCUT2D eigenvalue weighted by molar-refractivity contribution is 6.08. The van der Waals surface area contributed by atoms with Gasteiger partial charge in [0, 0.05) is 18.2 Å². The first kappa shape index (κ1) is 20.0. The monoisotopic (exact) mass is 410 g/mol. The zero-order valence-electron chi connectivity index (χ0n) is 13.7. The molecule has 0 unspecified atom stereocenters. The number of nitrogens with zero attached hydrogens (tertiary/aromatic N) is 2. The SMILES string of the molecule is FC(F)(F)c1ccc2c(c1)N=C(c1ccncc1OCC(F)(F)C(F)(F)F)C2. The summed E-state index contributed by atoms with van der Waals surface area (Å²) in [5, 5.41) is 0. The van der Waals surface area contributed by atoms with Crippen LogP contribution in [0.15, 0.2) is 41.7 Å². The van der Waals surface area contributed by atoms with Crippen LogP contribution in [0.25, 0.3) is 0 Å². The molecule has 28 heavy (non-hydrogen) atoms. The molecule has 0 aliphatic carbocycles. The summed E-state index contributed by atoms with van der Waals surface area (Å²) in [6.45, 7) is -1.96. The Hall–Kier alpha value is -2.72. The molecular weight excluding hydrogens is 400 g/mol. The van der Waals surface area contributed by atoms with Crippen molar-refractivity contribution in [3.63, 3.8) is 0 Å². The van der Waals surface area contributed by atoms with E-state index in [1.807, 2.05) is 0 Å². The van der Waals surface area contributed by atoms with Crippen molar-refractivity contribution in [2.24, 2.45) is 4.99 Å². The molecule has 1 aromatic carbocycles. The minimum Gasteiger partial charge on any atom is -0.485 e. The molecule has 2 heterocycles. The van der Waals surface area contributed by atoms with Crippen LogP contribution in [0.2, 0.25) is 0 Å². The lowest BCUT2D eigenvalue weighted by molar-refractivity contribution is -0.290. The van der Waals surface area contributed by atoms with Crippen LogP contribution in [0.4, 0.5) is 40.8 Å². The summed E-state index contributed by atoms with van der Waals surface area (Å²) in [5.74, 6) is -5.46. The molecule has 0 N–H and O–H groups in total. The highest BCUT2D eigenvalue weighted by Crippen LogP contribution is 2.38. The van der Waals surface area contributed by atoms with Crippen molar-refractivity contribution in [2.45, 2.75) is 24.7 Å². The second-order valence-corrected chi connectivity index (χ2v) is 5.94. The zero-order valence-corrected chi connectivity index (χ0v) is 13.7. The largest absolute Gasteiger partial charge is 0.485 e. The van der Waals surface area contributed by atoms with Gasteiger partial charge in [0.05, 0.1) is 23.2 Å². The minimum absolute atomic E-state index is 0.0354. The molecule has 0 fully saturated rings. The fourth-order valence-electron chi connectivity index (χ4n) is 2.50. The van der Waals surface area contributed by atoms with E-state index in [1.165, 1.54) is 18.3 Å². The second-order valence-electron chi connectivity index (χ2n) is 5.94. The van der Waals surface area contributed by atoms with Gasteiger partial charge >= 0.3 is 18.3 Å². The maximum atomic E-state index is 13.1. The van der Waals surface area contributed by atoms with E-state index in [9.17, 15) is 35.1 Å². The predicted molar refractivity (Wildman–Crippen MR) is 82.1 cm³/mol. The standard InChI is InChI=1S/C17H10F8N2O/c18-15(19,17(23,24)25)8-28-14-7-26-4-3-11(14)13-5-9-1-2-10(16(20,21)22)6-12(9)27-13/h1-4,6-7H,5,8H2. The quantitative estimate of drug-likeness (QED) is 0.637. The Morgan fingerprint density at radius 3 is 2.32 bits per heavy atom. The molecule has 3 nitrogen and oxygen atoms in total. The lowest BCUT2D eigenvalue weighted by Crippen LogP contribution is -2.41. The van der Waals surface area contributed by atoms with Gasteiger partial charge in [-0.3, -0.25) is 9.98 Å². The van der Waals surface area contributed by atoms with Crippen LogP contribution in [0.1, 0.15) is 16.7 Å². The Kier molecular flexibility index (Phi) is 4.80. The predicted octanol–water partition coefficient (Wildman–Crippen LogP) is 5.35. The molecule has 1 aromatic heterocycles. The van der Waals surface area contributed by atoms with Gasteiger partial charge in [-0.2, -0.15) is 35.1 Å². The van der Waals surface area contributed by atoms with Crippen molar-refractivity contribution in [1.29, 1.82) is 0 Å². The second kappa shape index (κ2) is 6.71. The van der Waals surface area contributed by atoms with Gasteiger partial charge in [0.1, 0.15) is 5.75 Å². The van der Waals surface area contributed by atoms with Crippen LogP contribution in [0, 0.1) is 0 Å². The molecule has 0 saturated carbocycles. The van der Waals surface area contributed by atoms with Gasteiger partial charge in [-0.15, -0.1) is 0 Å². The number of rotatable bonds is 4. The van der Waals surface area contributed by atoms with Gasteiger partial charge in [-0.05, 0) is 23.8 Å². The van der Waals surface area contributed by atoms with Crippen LogP contribution in [0.5, 0.6) is 5.75 Å². The van der Waals surface area contributed by atoms with Gasteiger partial charge in [0.25, 0.3) is 0 Å². The summed E-state index contributed by atoms with van der Waals surface area (Å²) >= 11 is 0. The molecule has 1 aliphatic heterocycles. The molecule has 0 bridgehead atoms. The van der Waals surface area contributed by atoms with Crippen molar-refractivity contribution in [3.05, 3.63) is 53.3 Å². The minimum atomic E-state index is -5.79. The third kappa shape index (κ3) is 3.92. The van der Waals surface area contributed by atoms with Gasteiger partial charge in [-0.1, -0.05) is 6.07 Å². The van der Waals surface area contributed by atoms with Crippen molar-refractivity contribution >= 4 is 11.4 Å². The summed E-state index contributed by atoms with van der Waals surface area (Å²) in [6.07, 6.45) is -8.12. The van der Waals surface area contributed by atoms with Crippen molar-refractivity contribution in [2.75, 3.05) is 6.61 Å². The first-order valence-electron chi connectivity index (χ1n) is 7.68. The van der Waals surface area contributed by atoms with E-state index in [4.69, 9.17) is 0 Å². The zero-order chi connectivity index (χ0) is 20.7. The Morgan fingerprint density at radius 1 is 0.964 bits per heavy atom. The maximum Gasteiger partial charge on any atom is 0.456 e. The number of ether oxygens (including phenoxy) is 1. The van der Waals surface area contributed by atoms with Crippen LogP contribution >= 0.6 is 0 Å². The van der Waals surface area contributed by atoms with Crippen molar-refractivity contribution in [3.8, 4) is 5.75 Å². The van der Waals surface area contributed by atoms with E-state index < -0.39 is 30.4 Å². The number of fused-ring (bicyclic) bond motifs is 1. The number of aliphatic imine (C=N–C) groups is 1. The highest BCUT2D eigenvalue weighted by Gasteiger charge is 2.58. The summed E-state index contributed by atoms with van der Waals surface area (Å²) in [6, 6.07) is 4.22. The smallest absolute Gasteiger partial charge is 0.456 e. The van der Waals surface area contributed by atoms with E-state index >= 15 is 0 Å². The van der Waals surface area contributed by atoms with E-state index in [2.05, 4.69) is 14.7 Å². The van der Waals surface area contributed by atoms with Crippen LogP contribution in [-0.4, -0.2) is 29.4 Å². The first-order chi connectivity index (χ1) is 12.9. The Bertz CT molecular complexity index is 918. The summed E-state index contributed by atoms with van der Waals surface area (Å²) in [4.78, 5) is 7.67. The first-order valence-corrected chi connectivity index (χ1v) is 7.68. The summed E-state index contributed by atoms with van der Waals surface area (Å²) in [5.41, 5.74) is -0.188.